The largest absolute Gasteiger partial charge is 0.486 e. The van der Waals surface area contributed by atoms with Crippen molar-refractivity contribution in [3.63, 3.8) is 0 Å². The van der Waals surface area contributed by atoms with E-state index in [0.717, 1.165) is 29.3 Å². The summed E-state index contributed by atoms with van der Waals surface area (Å²) in [5.74, 6) is 0.346. The van der Waals surface area contributed by atoms with E-state index in [0.29, 0.717) is 36.2 Å². The Kier molecular flexibility index (Phi) is 7.73. The van der Waals surface area contributed by atoms with Crippen LogP contribution in [0, 0.1) is 0 Å². The number of halogens is 4. The van der Waals surface area contributed by atoms with Crippen LogP contribution in [-0.2, 0) is 11.4 Å². The van der Waals surface area contributed by atoms with Crippen molar-refractivity contribution < 1.29 is 14.3 Å². The molecule has 0 aromatic heterocycles. The van der Waals surface area contributed by atoms with Gasteiger partial charge in [0.2, 0.25) is 0 Å². The minimum absolute atomic E-state index is 0.235. The zero-order chi connectivity index (χ0) is 21.1. The van der Waals surface area contributed by atoms with Crippen LogP contribution < -0.4 is 4.74 Å². The van der Waals surface area contributed by atoms with Gasteiger partial charge in [-0.25, -0.2) is 0 Å². The minimum atomic E-state index is -0.258. The number of imide groups is 1. The first-order valence-corrected chi connectivity index (χ1v) is 11.8. The van der Waals surface area contributed by atoms with Crippen LogP contribution in [0.3, 0.4) is 0 Å². The summed E-state index contributed by atoms with van der Waals surface area (Å²) in [5, 5.41) is 0.860. The van der Waals surface area contributed by atoms with Gasteiger partial charge in [-0.3, -0.25) is 14.5 Å². The highest BCUT2D eigenvalue weighted by molar-refractivity contribution is 9.11. The van der Waals surface area contributed by atoms with Crippen molar-refractivity contribution >= 4 is 84.0 Å². The number of nitrogens with zero attached hydrogens (tertiary/aromatic N) is 1. The maximum atomic E-state index is 12.4. The Balaban J connectivity index is 1.79. The van der Waals surface area contributed by atoms with E-state index in [2.05, 4.69) is 31.9 Å². The molecule has 1 fully saturated rings. The molecule has 0 saturated carbocycles. The topological polar surface area (TPSA) is 46.6 Å². The van der Waals surface area contributed by atoms with Crippen LogP contribution in [0.25, 0.3) is 6.08 Å². The molecule has 0 N–H and O–H groups in total. The van der Waals surface area contributed by atoms with Crippen molar-refractivity contribution in [1.82, 2.24) is 4.90 Å². The molecule has 1 saturated heterocycles. The summed E-state index contributed by atoms with van der Waals surface area (Å²) in [6, 6.07) is 8.90. The Labute approximate surface area is 199 Å². The maximum Gasteiger partial charge on any atom is 0.293 e. The van der Waals surface area contributed by atoms with E-state index >= 15 is 0 Å². The number of rotatable bonds is 6. The van der Waals surface area contributed by atoms with Crippen LogP contribution in [-0.4, -0.2) is 22.6 Å². The van der Waals surface area contributed by atoms with Crippen LogP contribution >= 0.6 is 66.8 Å². The number of benzene rings is 2. The molecule has 3 rings (SSSR count). The van der Waals surface area contributed by atoms with Gasteiger partial charge in [0.05, 0.1) is 13.9 Å². The quantitative estimate of drug-likeness (QED) is 0.332. The highest BCUT2D eigenvalue weighted by Crippen LogP contribution is 2.38. The second-order valence-corrected chi connectivity index (χ2v) is 9.72. The monoisotopic (exact) mass is 577 g/mol. The molecule has 0 spiro atoms. The molecule has 2 aromatic carbocycles. The Morgan fingerprint density at radius 3 is 2.45 bits per heavy atom. The lowest BCUT2D eigenvalue weighted by atomic mass is 10.2. The van der Waals surface area contributed by atoms with Crippen molar-refractivity contribution in [2.24, 2.45) is 0 Å². The molecule has 4 nitrogen and oxygen atoms in total. The second-order valence-electron chi connectivity index (χ2n) is 6.17. The van der Waals surface area contributed by atoms with E-state index in [9.17, 15) is 9.59 Å². The summed E-state index contributed by atoms with van der Waals surface area (Å²) in [6.07, 6.45) is 2.43. The molecule has 0 aliphatic carbocycles. The van der Waals surface area contributed by atoms with Crippen LogP contribution in [0.15, 0.2) is 44.2 Å². The Morgan fingerprint density at radius 2 is 1.83 bits per heavy atom. The molecule has 9 heteroatoms. The van der Waals surface area contributed by atoms with E-state index < -0.39 is 0 Å². The fourth-order valence-corrected chi connectivity index (χ4v) is 5.44. The zero-order valence-corrected chi connectivity index (χ0v) is 20.7. The number of hydrogen-bond donors (Lipinski definition) is 0. The average molecular weight is 580 g/mol. The third-order valence-electron chi connectivity index (χ3n) is 4.03. The number of ether oxygens (including phenoxy) is 1. The third kappa shape index (κ3) is 5.39. The predicted molar refractivity (Wildman–Crippen MR) is 126 cm³/mol. The van der Waals surface area contributed by atoms with E-state index in [-0.39, 0.29) is 17.8 Å². The Bertz CT molecular complexity index is 990. The van der Waals surface area contributed by atoms with E-state index in [4.69, 9.17) is 27.9 Å². The van der Waals surface area contributed by atoms with Gasteiger partial charge in [-0.05, 0) is 85.9 Å². The third-order valence-corrected chi connectivity index (χ3v) is 6.70. The zero-order valence-electron chi connectivity index (χ0n) is 15.2. The van der Waals surface area contributed by atoms with Crippen molar-refractivity contribution in [3.8, 4) is 5.75 Å². The fourth-order valence-electron chi connectivity index (χ4n) is 2.66. The second kappa shape index (κ2) is 9.88. The van der Waals surface area contributed by atoms with E-state index in [1.165, 1.54) is 4.90 Å². The summed E-state index contributed by atoms with van der Waals surface area (Å²) in [4.78, 5) is 26.1. The van der Waals surface area contributed by atoms with Crippen molar-refractivity contribution in [1.29, 1.82) is 0 Å². The van der Waals surface area contributed by atoms with Crippen LogP contribution in [0.5, 0.6) is 5.75 Å². The standard InChI is InChI=1S/C20H15Br2Cl2NO3S/c1-2-5-25-19(26)17(29-20(25)27)8-11-6-14(21)18(15(22)7-11)28-10-12-3-4-13(23)9-16(12)24/h3-4,6-9H,2,5,10H2,1H3/b17-8+. The summed E-state index contributed by atoms with van der Waals surface area (Å²) in [6.45, 7) is 2.62. The Hall–Kier alpha value is -0.990. The van der Waals surface area contributed by atoms with E-state index in [1.807, 2.05) is 25.1 Å². The normalized spacial score (nSPS) is 15.5. The molecule has 2 amide bonds. The van der Waals surface area contributed by atoms with Gasteiger partial charge in [-0.1, -0.05) is 36.2 Å². The lowest BCUT2D eigenvalue weighted by Gasteiger charge is -2.13. The highest BCUT2D eigenvalue weighted by Gasteiger charge is 2.34. The molecule has 0 radical (unpaired) electrons. The van der Waals surface area contributed by atoms with Gasteiger partial charge < -0.3 is 4.74 Å². The molecule has 1 heterocycles. The van der Waals surface area contributed by atoms with Gasteiger partial charge in [-0.2, -0.15) is 0 Å². The molecule has 2 aromatic rings. The molecular formula is C20H15Br2Cl2NO3S. The molecule has 0 atom stereocenters. The molecule has 29 heavy (non-hydrogen) atoms. The molecule has 152 valence electrons. The molecule has 1 aliphatic rings. The Morgan fingerprint density at radius 1 is 1.14 bits per heavy atom. The lowest BCUT2D eigenvalue weighted by Crippen LogP contribution is -2.28. The summed E-state index contributed by atoms with van der Waals surface area (Å²) >= 11 is 20.1. The van der Waals surface area contributed by atoms with Crippen molar-refractivity contribution in [2.45, 2.75) is 20.0 Å². The van der Waals surface area contributed by atoms with Gasteiger partial charge >= 0.3 is 0 Å². The number of amides is 2. The minimum Gasteiger partial charge on any atom is -0.486 e. The van der Waals surface area contributed by atoms with Crippen molar-refractivity contribution in [3.05, 3.63) is 65.4 Å². The first-order valence-electron chi connectivity index (χ1n) is 8.61. The SMILES string of the molecule is CCCN1C(=O)S/C(=C/c2cc(Br)c(OCc3ccc(Cl)cc3Cl)c(Br)c2)C1=O. The first kappa shape index (κ1) is 22.7. The van der Waals surface area contributed by atoms with Gasteiger partial charge in [0.15, 0.2) is 0 Å². The number of thioether (sulfide) groups is 1. The van der Waals surface area contributed by atoms with Crippen LogP contribution in [0.4, 0.5) is 4.79 Å². The lowest BCUT2D eigenvalue weighted by molar-refractivity contribution is -0.122. The molecular weight excluding hydrogens is 565 g/mol. The first-order chi connectivity index (χ1) is 13.8. The smallest absolute Gasteiger partial charge is 0.293 e. The summed E-state index contributed by atoms with van der Waals surface area (Å²) in [5.41, 5.74) is 1.58. The van der Waals surface area contributed by atoms with Gasteiger partial charge in [0, 0.05) is 22.2 Å². The molecule has 1 aliphatic heterocycles. The predicted octanol–water partition coefficient (Wildman–Crippen LogP) is 7.54. The maximum absolute atomic E-state index is 12.4. The van der Waals surface area contributed by atoms with Gasteiger partial charge in [0.25, 0.3) is 11.1 Å². The van der Waals surface area contributed by atoms with Crippen LogP contribution in [0.2, 0.25) is 10.0 Å². The number of carbonyl (C=O) groups excluding carboxylic acids is 2. The average Bonchev–Trinajstić information content (AvgIpc) is 2.90. The van der Waals surface area contributed by atoms with E-state index in [1.54, 1.807) is 18.2 Å². The summed E-state index contributed by atoms with van der Waals surface area (Å²) < 4.78 is 7.32. The summed E-state index contributed by atoms with van der Waals surface area (Å²) in [7, 11) is 0. The highest BCUT2D eigenvalue weighted by atomic mass is 79.9. The van der Waals surface area contributed by atoms with Crippen molar-refractivity contribution in [2.75, 3.05) is 6.54 Å². The molecule has 0 bridgehead atoms. The number of hydrogen-bond acceptors (Lipinski definition) is 4. The van der Waals surface area contributed by atoms with Gasteiger partial charge in [0.1, 0.15) is 12.4 Å². The van der Waals surface area contributed by atoms with Gasteiger partial charge in [-0.15, -0.1) is 0 Å². The number of carbonyl (C=O) groups is 2. The van der Waals surface area contributed by atoms with Crippen LogP contribution in [0.1, 0.15) is 24.5 Å². The molecule has 0 unspecified atom stereocenters. The fraction of sp³-hybridized carbons (Fsp3) is 0.200.